The molecule has 11 nitrogen and oxygen atoms in total. The molecule has 1 amide bonds. The van der Waals surface area contributed by atoms with E-state index >= 15 is 0 Å². The van der Waals surface area contributed by atoms with Crippen LogP contribution in [0.1, 0.15) is 16.1 Å². The van der Waals surface area contributed by atoms with Crippen LogP contribution in [-0.4, -0.2) is 50.7 Å². The van der Waals surface area contributed by atoms with Gasteiger partial charge in [-0.25, -0.2) is 9.19 Å². The van der Waals surface area contributed by atoms with Crippen molar-refractivity contribution in [3.63, 3.8) is 0 Å². The summed E-state index contributed by atoms with van der Waals surface area (Å²) < 4.78 is 19.0. The van der Waals surface area contributed by atoms with E-state index in [-0.39, 0.29) is 12.1 Å². The predicted molar refractivity (Wildman–Crippen MR) is 135 cm³/mol. The Hall–Kier alpha value is -4.48. The maximum Gasteiger partial charge on any atom is 0.299 e. The van der Waals surface area contributed by atoms with Crippen molar-refractivity contribution in [1.29, 1.82) is 0 Å². The van der Waals surface area contributed by atoms with E-state index < -0.39 is 11.5 Å². The Labute approximate surface area is 214 Å². The fraction of sp³-hybridized carbons (Fsp3) is 0.160. The van der Waals surface area contributed by atoms with E-state index in [1.807, 2.05) is 12.1 Å². The predicted octanol–water partition coefficient (Wildman–Crippen LogP) is 3.06. The number of benzene rings is 2. The molecule has 1 aliphatic rings. The minimum atomic E-state index is -0.561. The van der Waals surface area contributed by atoms with Crippen molar-refractivity contribution in [2.24, 2.45) is 0 Å². The molecule has 5 aromatic rings. The van der Waals surface area contributed by atoms with Gasteiger partial charge in [-0.2, -0.15) is 5.10 Å². The van der Waals surface area contributed by atoms with E-state index in [1.165, 1.54) is 6.20 Å². The fourth-order valence-corrected chi connectivity index (χ4v) is 4.31. The lowest BCUT2D eigenvalue weighted by atomic mass is 10.1. The molecule has 0 saturated heterocycles. The number of amides is 1. The van der Waals surface area contributed by atoms with E-state index in [4.69, 9.17) is 25.8 Å². The lowest BCUT2D eigenvalue weighted by Crippen LogP contribution is -2.33. The molecule has 4 heterocycles. The largest absolute Gasteiger partial charge is 0.486 e. The van der Waals surface area contributed by atoms with E-state index in [2.05, 4.69) is 20.7 Å². The third-order valence-corrected chi connectivity index (χ3v) is 6.14. The van der Waals surface area contributed by atoms with Crippen LogP contribution in [0.5, 0.6) is 11.5 Å². The Morgan fingerprint density at radius 1 is 1.08 bits per heavy atom. The first-order valence-corrected chi connectivity index (χ1v) is 11.7. The number of hydrogen-bond donors (Lipinski definition) is 1. The van der Waals surface area contributed by atoms with Gasteiger partial charge in [0, 0.05) is 23.9 Å². The van der Waals surface area contributed by atoms with Crippen molar-refractivity contribution in [1.82, 2.24) is 24.5 Å². The molecule has 0 fully saturated rings. The standard InChI is InChI=1S/C25H19ClN6O5/c1-35-13-17-21(14-2-5-16(26)6-3-14)23-28-27-22-18(32(23)29-17)8-9-31(25(22)34)30-24(33)15-4-7-19-20(12-15)37-11-10-36-19/h2-9,12H,10-11,13H2,1H3,(H,30,33). The summed E-state index contributed by atoms with van der Waals surface area (Å²) in [7, 11) is 1.57. The van der Waals surface area contributed by atoms with Gasteiger partial charge in [-0.15, -0.1) is 10.2 Å². The highest BCUT2D eigenvalue weighted by molar-refractivity contribution is 6.30. The Kier molecular flexibility index (Phi) is 5.70. The number of hydrogen-bond acceptors (Lipinski definition) is 8. The molecule has 12 heteroatoms. The van der Waals surface area contributed by atoms with Crippen molar-refractivity contribution >= 4 is 34.2 Å². The van der Waals surface area contributed by atoms with Gasteiger partial charge in [0.25, 0.3) is 11.5 Å². The Balaban J connectivity index is 1.40. The van der Waals surface area contributed by atoms with Gasteiger partial charge in [-0.05, 0) is 42.0 Å². The second-order valence-corrected chi connectivity index (χ2v) is 8.66. The Morgan fingerprint density at radius 2 is 1.86 bits per heavy atom. The first-order chi connectivity index (χ1) is 18.0. The maximum atomic E-state index is 13.2. The summed E-state index contributed by atoms with van der Waals surface area (Å²) in [6.07, 6.45) is 1.45. The number of pyridine rings is 1. The molecule has 1 aliphatic heterocycles. The number of carbonyl (C=O) groups excluding carboxylic acids is 1. The van der Waals surface area contributed by atoms with Gasteiger partial charge in [0.15, 0.2) is 22.7 Å². The van der Waals surface area contributed by atoms with Crippen LogP contribution < -0.4 is 20.5 Å². The normalized spacial score (nSPS) is 12.7. The highest BCUT2D eigenvalue weighted by atomic mass is 35.5. The SMILES string of the molecule is COCc1nn2c(nnc3c(=O)n(NC(=O)c4ccc5c(c4)OCCO5)ccc32)c1-c1ccc(Cl)cc1. The lowest BCUT2D eigenvalue weighted by Gasteiger charge is -2.18. The minimum absolute atomic E-state index is 0.0339. The second-order valence-electron chi connectivity index (χ2n) is 8.22. The third kappa shape index (κ3) is 4.03. The zero-order chi connectivity index (χ0) is 25.5. The average Bonchev–Trinajstić information content (AvgIpc) is 3.29. The van der Waals surface area contributed by atoms with E-state index in [1.54, 1.807) is 48.0 Å². The van der Waals surface area contributed by atoms with Crippen LogP contribution in [-0.2, 0) is 11.3 Å². The summed E-state index contributed by atoms with van der Waals surface area (Å²) in [5, 5.41) is 13.7. The van der Waals surface area contributed by atoms with Crippen LogP contribution in [0.4, 0.5) is 0 Å². The molecule has 37 heavy (non-hydrogen) atoms. The van der Waals surface area contributed by atoms with Crippen LogP contribution in [0.3, 0.4) is 0 Å². The molecule has 2 aromatic carbocycles. The van der Waals surface area contributed by atoms with Crippen LogP contribution in [0.2, 0.25) is 5.02 Å². The van der Waals surface area contributed by atoms with E-state index in [0.717, 1.165) is 15.8 Å². The van der Waals surface area contributed by atoms with Crippen molar-refractivity contribution in [3.8, 4) is 22.6 Å². The molecule has 186 valence electrons. The van der Waals surface area contributed by atoms with Gasteiger partial charge in [-0.1, -0.05) is 23.7 Å². The zero-order valence-corrected chi connectivity index (χ0v) is 20.2. The smallest absolute Gasteiger partial charge is 0.299 e. The molecule has 0 radical (unpaired) electrons. The van der Waals surface area contributed by atoms with Gasteiger partial charge >= 0.3 is 0 Å². The maximum absolute atomic E-state index is 13.2. The molecule has 0 aliphatic carbocycles. The molecule has 0 saturated carbocycles. The molecular formula is C25H19ClN6O5. The summed E-state index contributed by atoms with van der Waals surface area (Å²) in [5.41, 5.74) is 5.43. The molecule has 0 unspecified atom stereocenters. The van der Waals surface area contributed by atoms with Gasteiger partial charge in [-0.3, -0.25) is 15.0 Å². The molecule has 3 aromatic heterocycles. The molecule has 6 rings (SSSR count). The van der Waals surface area contributed by atoms with Crippen LogP contribution in [0.25, 0.3) is 27.8 Å². The summed E-state index contributed by atoms with van der Waals surface area (Å²) in [6, 6.07) is 13.7. The zero-order valence-electron chi connectivity index (χ0n) is 19.5. The van der Waals surface area contributed by atoms with Gasteiger partial charge < -0.3 is 14.2 Å². The Morgan fingerprint density at radius 3 is 2.65 bits per heavy atom. The average molecular weight is 519 g/mol. The number of nitrogens with one attached hydrogen (secondary N) is 1. The van der Waals surface area contributed by atoms with Crippen molar-refractivity contribution < 1.29 is 19.0 Å². The molecule has 0 atom stereocenters. The van der Waals surface area contributed by atoms with E-state index in [0.29, 0.717) is 52.2 Å². The summed E-state index contributed by atoms with van der Waals surface area (Å²) in [4.78, 5) is 26.1. The highest BCUT2D eigenvalue weighted by Crippen LogP contribution is 2.31. The summed E-state index contributed by atoms with van der Waals surface area (Å²) in [6.45, 7) is 1.07. The molecule has 1 N–H and O–H groups in total. The second kappa shape index (κ2) is 9.19. The number of aromatic nitrogens is 5. The van der Waals surface area contributed by atoms with Crippen molar-refractivity contribution in [2.75, 3.05) is 25.7 Å². The highest BCUT2D eigenvalue weighted by Gasteiger charge is 2.21. The third-order valence-electron chi connectivity index (χ3n) is 5.89. The van der Waals surface area contributed by atoms with Gasteiger partial charge in [0.2, 0.25) is 0 Å². The number of nitrogens with zero attached hydrogens (tertiary/aromatic N) is 5. The van der Waals surface area contributed by atoms with Crippen molar-refractivity contribution in [2.45, 2.75) is 6.61 Å². The molecular weight excluding hydrogens is 500 g/mol. The number of rotatable bonds is 5. The first-order valence-electron chi connectivity index (χ1n) is 11.3. The van der Waals surface area contributed by atoms with Crippen LogP contribution >= 0.6 is 11.6 Å². The monoisotopic (exact) mass is 518 g/mol. The van der Waals surface area contributed by atoms with E-state index in [9.17, 15) is 9.59 Å². The number of methoxy groups -OCH3 is 1. The van der Waals surface area contributed by atoms with Gasteiger partial charge in [0.05, 0.1) is 17.9 Å². The van der Waals surface area contributed by atoms with Crippen LogP contribution in [0, 0.1) is 0 Å². The number of fused-ring (bicyclic) bond motifs is 4. The quantitative estimate of drug-likeness (QED) is 0.377. The van der Waals surface area contributed by atoms with Crippen LogP contribution in [0.15, 0.2) is 59.5 Å². The summed E-state index contributed by atoms with van der Waals surface area (Å²) in [5.74, 6) is 0.536. The molecule has 0 bridgehead atoms. The Bertz CT molecular complexity index is 1730. The number of carbonyl (C=O) groups is 1. The van der Waals surface area contributed by atoms with Gasteiger partial charge in [0.1, 0.15) is 18.7 Å². The van der Waals surface area contributed by atoms with Crippen molar-refractivity contribution in [3.05, 3.63) is 81.4 Å². The lowest BCUT2D eigenvalue weighted by molar-refractivity contribution is 0.101. The summed E-state index contributed by atoms with van der Waals surface area (Å²) >= 11 is 6.06. The number of halogens is 1. The topological polar surface area (TPSA) is 122 Å². The minimum Gasteiger partial charge on any atom is -0.486 e. The first kappa shape index (κ1) is 23.0. The molecule has 0 spiro atoms. The number of ether oxygens (including phenoxy) is 3. The fourth-order valence-electron chi connectivity index (χ4n) is 4.19.